The topological polar surface area (TPSA) is 59.8 Å². The van der Waals surface area contributed by atoms with Crippen molar-refractivity contribution in [2.75, 3.05) is 5.32 Å². The number of nitrogens with zero attached hydrogens (tertiary/aromatic N) is 3. The van der Waals surface area contributed by atoms with Crippen LogP contribution in [0.15, 0.2) is 16.7 Å². The Hall–Kier alpha value is -1.21. The smallest absolute Gasteiger partial charge is 0.274 e. The van der Waals surface area contributed by atoms with Gasteiger partial charge in [0.2, 0.25) is 5.13 Å². The second-order valence-electron chi connectivity index (χ2n) is 3.26. The highest BCUT2D eigenvalue weighted by Crippen LogP contribution is 2.16. The lowest BCUT2D eigenvalue weighted by Gasteiger charge is -2.01. The van der Waals surface area contributed by atoms with E-state index in [0.717, 1.165) is 4.47 Å². The maximum atomic E-state index is 11.8. The fraction of sp³-hybridized carbons (Fsp3) is 0.222. The Morgan fingerprint density at radius 1 is 1.62 bits per heavy atom. The molecule has 0 fully saturated rings. The number of nitrogens with one attached hydrogen (secondary N) is 1. The highest BCUT2D eigenvalue weighted by Gasteiger charge is 2.12. The van der Waals surface area contributed by atoms with Crippen molar-refractivity contribution in [1.29, 1.82) is 0 Å². The summed E-state index contributed by atoms with van der Waals surface area (Å²) in [5.74, 6) is 0.470. The molecular weight excluding hydrogens is 292 g/mol. The van der Waals surface area contributed by atoms with Gasteiger partial charge >= 0.3 is 0 Å². The third kappa shape index (κ3) is 2.30. The van der Waals surface area contributed by atoms with Crippen LogP contribution in [0.3, 0.4) is 0 Å². The Morgan fingerprint density at radius 3 is 2.88 bits per heavy atom. The summed E-state index contributed by atoms with van der Waals surface area (Å²) in [6.07, 6.45) is 1.82. The zero-order valence-electron chi connectivity index (χ0n) is 8.69. The van der Waals surface area contributed by atoms with Gasteiger partial charge in [0, 0.05) is 29.2 Å². The van der Waals surface area contributed by atoms with E-state index >= 15 is 0 Å². The molecule has 16 heavy (non-hydrogen) atoms. The van der Waals surface area contributed by atoms with E-state index in [1.165, 1.54) is 11.5 Å². The van der Waals surface area contributed by atoms with Crippen molar-refractivity contribution in [3.63, 3.8) is 0 Å². The van der Waals surface area contributed by atoms with Gasteiger partial charge in [-0.1, -0.05) is 0 Å². The van der Waals surface area contributed by atoms with Gasteiger partial charge in [-0.05, 0) is 28.9 Å². The monoisotopic (exact) mass is 300 g/mol. The molecule has 0 atom stereocenters. The first-order valence-electron chi connectivity index (χ1n) is 4.50. The molecule has 5 nitrogen and oxygen atoms in total. The summed E-state index contributed by atoms with van der Waals surface area (Å²) in [6.45, 7) is 1.78. The number of hydrogen-bond donors (Lipinski definition) is 1. The second-order valence-corrected chi connectivity index (χ2v) is 4.92. The molecule has 0 unspecified atom stereocenters. The molecule has 2 aromatic heterocycles. The predicted molar refractivity (Wildman–Crippen MR) is 65.7 cm³/mol. The number of carbonyl (C=O) groups is 1. The summed E-state index contributed by atoms with van der Waals surface area (Å²) in [4.78, 5) is 15.9. The molecule has 0 aliphatic rings. The number of rotatable bonds is 2. The van der Waals surface area contributed by atoms with Crippen molar-refractivity contribution in [3.05, 3.63) is 28.3 Å². The molecule has 1 N–H and O–H groups in total. The molecule has 0 aromatic carbocycles. The number of aromatic nitrogens is 3. The maximum absolute atomic E-state index is 11.8. The number of amides is 1. The van der Waals surface area contributed by atoms with Crippen LogP contribution in [0.25, 0.3) is 0 Å². The summed E-state index contributed by atoms with van der Waals surface area (Å²) in [6, 6.07) is 1.75. The number of hydrogen-bond acceptors (Lipinski definition) is 4. The fourth-order valence-corrected chi connectivity index (χ4v) is 2.35. The van der Waals surface area contributed by atoms with Gasteiger partial charge < -0.3 is 4.57 Å². The van der Waals surface area contributed by atoms with Gasteiger partial charge in [-0.3, -0.25) is 10.1 Å². The van der Waals surface area contributed by atoms with E-state index in [2.05, 4.69) is 30.6 Å². The summed E-state index contributed by atoms with van der Waals surface area (Å²) in [5.41, 5.74) is 0.569. The van der Waals surface area contributed by atoms with E-state index < -0.39 is 0 Å². The first kappa shape index (κ1) is 11.3. The molecule has 1 amide bonds. The van der Waals surface area contributed by atoms with Crippen molar-refractivity contribution in [2.45, 2.75) is 6.92 Å². The van der Waals surface area contributed by atoms with E-state index in [9.17, 15) is 4.79 Å². The fourth-order valence-electron chi connectivity index (χ4n) is 1.26. The summed E-state index contributed by atoms with van der Waals surface area (Å²) in [7, 11) is 1.81. The van der Waals surface area contributed by atoms with Crippen molar-refractivity contribution in [1.82, 2.24) is 13.9 Å². The van der Waals surface area contributed by atoms with Crippen molar-refractivity contribution in [3.8, 4) is 0 Å². The highest BCUT2D eigenvalue weighted by molar-refractivity contribution is 9.10. The van der Waals surface area contributed by atoms with Gasteiger partial charge in [0.15, 0.2) is 0 Å². The van der Waals surface area contributed by atoms with Crippen LogP contribution >= 0.6 is 27.5 Å². The van der Waals surface area contributed by atoms with Gasteiger partial charge in [0.25, 0.3) is 5.91 Å². The van der Waals surface area contributed by atoms with Crippen LogP contribution in [0.5, 0.6) is 0 Å². The van der Waals surface area contributed by atoms with Crippen LogP contribution in [0, 0.1) is 6.92 Å². The lowest BCUT2D eigenvalue weighted by atomic mass is 10.4. The third-order valence-corrected chi connectivity index (χ3v) is 3.11. The van der Waals surface area contributed by atoms with Gasteiger partial charge in [-0.2, -0.15) is 4.37 Å². The van der Waals surface area contributed by atoms with E-state index in [1.807, 2.05) is 13.2 Å². The lowest BCUT2D eigenvalue weighted by Crippen LogP contribution is -2.15. The summed E-state index contributed by atoms with van der Waals surface area (Å²) in [5, 5.41) is 3.21. The minimum Gasteiger partial charge on any atom is -0.345 e. The van der Waals surface area contributed by atoms with Gasteiger partial charge in [0.1, 0.15) is 11.5 Å². The van der Waals surface area contributed by atoms with Crippen molar-refractivity contribution >= 4 is 38.5 Å². The van der Waals surface area contributed by atoms with Crippen LogP contribution < -0.4 is 5.32 Å². The van der Waals surface area contributed by atoms with Gasteiger partial charge in [-0.25, -0.2) is 4.98 Å². The molecular formula is C9H9BrN4OS. The van der Waals surface area contributed by atoms with Crippen LogP contribution in [0.4, 0.5) is 5.13 Å². The SMILES string of the molecule is Cc1nsc(NC(=O)c2cc(Br)cn2C)n1. The molecule has 84 valence electrons. The Morgan fingerprint density at radius 2 is 2.38 bits per heavy atom. The molecule has 7 heteroatoms. The molecule has 0 bridgehead atoms. The summed E-state index contributed by atoms with van der Waals surface area (Å²) < 4.78 is 6.60. The maximum Gasteiger partial charge on any atom is 0.274 e. The van der Waals surface area contributed by atoms with E-state index in [1.54, 1.807) is 17.6 Å². The quantitative estimate of drug-likeness (QED) is 0.925. The first-order valence-corrected chi connectivity index (χ1v) is 6.06. The molecule has 0 aliphatic carbocycles. The van der Waals surface area contributed by atoms with Crippen molar-refractivity contribution in [2.24, 2.45) is 7.05 Å². The lowest BCUT2D eigenvalue weighted by molar-refractivity contribution is 0.101. The summed E-state index contributed by atoms with van der Waals surface area (Å²) >= 11 is 4.49. The molecule has 2 heterocycles. The molecule has 0 aliphatic heterocycles. The minimum absolute atomic E-state index is 0.190. The number of halogens is 1. The number of anilines is 1. The molecule has 0 radical (unpaired) electrons. The van der Waals surface area contributed by atoms with Crippen LogP contribution in [-0.2, 0) is 7.05 Å². The normalized spacial score (nSPS) is 10.4. The second kappa shape index (κ2) is 4.34. The largest absolute Gasteiger partial charge is 0.345 e. The standard InChI is InChI=1S/C9H9BrN4OS/c1-5-11-9(16-13-5)12-8(15)7-3-6(10)4-14(7)2/h3-4H,1-2H3,(H,11,12,13,15). The van der Waals surface area contributed by atoms with Crippen LogP contribution in [0.2, 0.25) is 0 Å². The Labute approximate surface area is 105 Å². The number of aryl methyl sites for hydroxylation is 2. The van der Waals surface area contributed by atoms with E-state index in [4.69, 9.17) is 0 Å². The molecule has 0 saturated carbocycles. The predicted octanol–water partition coefficient (Wildman–Crippen LogP) is 2.20. The Kier molecular flexibility index (Phi) is 3.06. The first-order chi connectivity index (χ1) is 7.56. The van der Waals surface area contributed by atoms with Gasteiger partial charge in [0.05, 0.1) is 0 Å². The third-order valence-electron chi connectivity index (χ3n) is 1.95. The zero-order chi connectivity index (χ0) is 11.7. The average molecular weight is 301 g/mol. The van der Waals surface area contributed by atoms with E-state index in [0.29, 0.717) is 16.6 Å². The molecule has 0 saturated heterocycles. The Bertz CT molecular complexity index is 533. The van der Waals surface area contributed by atoms with Crippen LogP contribution in [0.1, 0.15) is 16.3 Å². The van der Waals surface area contributed by atoms with E-state index in [-0.39, 0.29) is 5.91 Å². The molecule has 2 aromatic rings. The van der Waals surface area contributed by atoms with Crippen molar-refractivity contribution < 1.29 is 4.79 Å². The van der Waals surface area contributed by atoms with Crippen LogP contribution in [-0.4, -0.2) is 19.8 Å². The average Bonchev–Trinajstić information content (AvgIpc) is 2.73. The Balaban J connectivity index is 2.17. The highest BCUT2D eigenvalue weighted by atomic mass is 79.9. The molecule has 0 spiro atoms. The minimum atomic E-state index is -0.190. The molecule has 2 rings (SSSR count). The van der Waals surface area contributed by atoms with Gasteiger partial charge in [-0.15, -0.1) is 0 Å². The number of carbonyl (C=O) groups excluding carboxylic acids is 1. The zero-order valence-corrected chi connectivity index (χ0v) is 11.1.